The number of benzene rings is 2. The van der Waals surface area contributed by atoms with Gasteiger partial charge in [-0.25, -0.2) is 13.2 Å². The standard InChI is InChI=1S/C32H30F6N6OS/c33-17-13-31(8-5-11-44(31)15-17)16-45-30-41-26-19(29(42-30)43-9-3-1-2-4-10-43)12-21(32(36,37)38)24(25(26)35)18-6-7-22(34)27-23(18)20(14-39)28(40)46-27/h6-7,12,17H,1-5,8-11,13,15-16,40H2/t17-,31+/m1/s1. The summed E-state index contributed by atoms with van der Waals surface area (Å²) in [6.45, 7) is 2.06. The predicted octanol–water partition coefficient (Wildman–Crippen LogP) is 7.60. The zero-order chi connectivity index (χ0) is 32.4. The number of hydrogen-bond donors (Lipinski definition) is 1. The maximum absolute atomic E-state index is 16.9. The summed E-state index contributed by atoms with van der Waals surface area (Å²) in [5.41, 5.74) is 2.23. The van der Waals surface area contributed by atoms with Gasteiger partial charge in [-0.3, -0.25) is 4.90 Å². The van der Waals surface area contributed by atoms with Crippen LogP contribution in [0.15, 0.2) is 18.2 Å². The van der Waals surface area contributed by atoms with E-state index < -0.39 is 46.2 Å². The molecule has 7 rings (SSSR count). The van der Waals surface area contributed by atoms with Crippen molar-refractivity contribution in [2.45, 2.75) is 62.8 Å². The Kier molecular flexibility index (Phi) is 7.67. The first kappa shape index (κ1) is 30.8. The summed E-state index contributed by atoms with van der Waals surface area (Å²) in [4.78, 5) is 12.8. The lowest BCUT2D eigenvalue weighted by atomic mass is 9.92. The van der Waals surface area contributed by atoms with Crippen LogP contribution < -0.4 is 15.4 Å². The van der Waals surface area contributed by atoms with Crippen molar-refractivity contribution in [3.63, 3.8) is 0 Å². The number of thiophene rings is 1. The fraction of sp³-hybridized carbons (Fsp3) is 0.469. The largest absolute Gasteiger partial charge is 0.461 e. The molecule has 14 heteroatoms. The fourth-order valence-corrected chi connectivity index (χ4v) is 8.37. The molecule has 0 spiro atoms. The summed E-state index contributed by atoms with van der Waals surface area (Å²) in [6.07, 6.45) is -0.781. The Morgan fingerprint density at radius 3 is 2.57 bits per heavy atom. The van der Waals surface area contributed by atoms with Crippen LogP contribution in [0.2, 0.25) is 0 Å². The van der Waals surface area contributed by atoms with Gasteiger partial charge >= 0.3 is 12.2 Å². The molecule has 0 bridgehead atoms. The Balaban J connectivity index is 1.46. The third-order valence-corrected chi connectivity index (χ3v) is 10.6. The Labute approximate surface area is 264 Å². The average Bonchev–Trinajstić information content (AvgIpc) is 3.56. The van der Waals surface area contributed by atoms with Gasteiger partial charge in [-0.05, 0) is 49.9 Å². The van der Waals surface area contributed by atoms with Crippen LogP contribution in [0.1, 0.15) is 56.1 Å². The van der Waals surface area contributed by atoms with Crippen molar-refractivity contribution in [2.75, 3.05) is 43.4 Å². The second-order valence-corrected chi connectivity index (χ2v) is 13.4. The second kappa shape index (κ2) is 11.5. The first-order chi connectivity index (χ1) is 22.0. The van der Waals surface area contributed by atoms with E-state index >= 15 is 4.39 Å². The number of rotatable bonds is 5. The molecule has 0 unspecified atom stereocenters. The summed E-state index contributed by atoms with van der Waals surface area (Å²) in [7, 11) is 0. The predicted molar refractivity (Wildman–Crippen MR) is 164 cm³/mol. The summed E-state index contributed by atoms with van der Waals surface area (Å²) >= 11 is 0.707. The van der Waals surface area contributed by atoms with Crippen molar-refractivity contribution >= 4 is 43.1 Å². The number of hydrogen-bond acceptors (Lipinski definition) is 8. The van der Waals surface area contributed by atoms with E-state index in [2.05, 4.69) is 9.97 Å². The monoisotopic (exact) mass is 660 g/mol. The molecule has 3 saturated heterocycles. The maximum Gasteiger partial charge on any atom is 0.417 e. The van der Waals surface area contributed by atoms with E-state index in [0.717, 1.165) is 56.8 Å². The van der Waals surface area contributed by atoms with Gasteiger partial charge in [0.05, 0.1) is 21.4 Å². The molecule has 0 amide bonds. The minimum atomic E-state index is -5.04. The van der Waals surface area contributed by atoms with Gasteiger partial charge in [0.2, 0.25) is 0 Å². The molecule has 0 radical (unpaired) electrons. The highest BCUT2D eigenvalue weighted by Crippen LogP contribution is 2.48. The lowest BCUT2D eigenvalue weighted by Crippen LogP contribution is -2.43. The van der Waals surface area contributed by atoms with Crippen molar-refractivity contribution in [1.82, 2.24) is 14.9 Å². The molecule has 7 nitrogen and oxygen atoms in total. The molecule has 3 fully saturated rings. The highest BCUT2D eigenvalue weighted by Gasteiger charge is 2.49. The number of alkyl halides is 4. The van der Waals surface area contributed by atoms with E-state index in [1.165, 1.54) is 0 Å². The Bertz CT molecular complexity index is 1880. The van der Waals surface area contributed by atoms with E-state index in [0.29, 0.717) is 37.4 Å². The van der Waals surface area contributed by atoms with Crippen LogP contribution in [0.3, 0.4) is 0 Å². The van der Waals surface area contributed by atoms with Crippen LogP contribution in [-0.4, -0.2) is 59.4 Å². The summed E-state index contributed by atoms with van der Waals surface area (Å²) in [6, 6.07) is 4.40. The summed E-state index contributed by atoms with van der Waals surface area (Å²) in [5.74, 6) is -1.98. The highest BCUT2D eigenvalue weighted by atomic mass is 32.1. The van der Waals surface area contributed by atoms with Gasteiger partial charge in [0.1, 0.15) is 41.0 Å². The molecule has 0 aliphatic carbocycles. The number of anilines is 2. The molecular formula is C32H30F6N6OS. The number of halogens is 6. The molecule has 0 saturated carbocycles. The van der Waals surface area contributed by atoms with Crippen molar-refractivity contribution in [2.24, 2.45) is 0 Å². The van der Waals surface area contributed by atoms with Crippen molar-refractivity contribution < 1.29 is 31.1 Å². The van der Waals surface area contributed by atoms with Crippen LogP contribution in [0.25, 0.3) is 32.1 Å². The van der Waals surface area contributed by atoms with Gasteiger partial charge in [0.15, 0.2) is 5.82 Å². The Morgan fingerprint density at radius 2 is 1.85 bits per heavy atom. The molecule has 3 aliphatic rings. The van der Waals surface area contributed by atoms with Crippen LogP contribution in [-0.2, 0) is 6.18 Å². The van der Waals surface area contributed by atoms with Gasteiger partial charge in [-0.1, -0.05) is 18.9 Å². The summed E-state index contributed by atoms with van der Waals surface area (Å²) < 4.78 is 96.6. The van der Waals surface area contributed by atoms with Gasteiger partial charge in [0, 0.05) is 42.4 Å². The van der Waals surface area contributed by atoms with Crippen molar-refractivity contribution in [3.05, 3.63) is 41.0 Å². The quantitative estimate of drug-likeness (QED) is 0.221. The number of nitrogen functional groups attached to an aromatic ring is 1. The number of ether oxygens (including phenoxy) is 1. The average molecular weight is 661 g/mol. The third kappa shape index (κ3) is 5.08. The van der Waals surface area contributed by atoms with Crippen molar-refractivity contribution in [3.8, 4) is 23.2 Å². The van der Waals surface area contributed by atoms with Crippen molar-refractivity contribution in [1.29, 1.82) is 5.26 Å². The minimum Gasteiger partial charge on any atom is -0.461 e. The number of fused-ring (bicyclic) bond motifs is 3. The summed E-state index contributed by atoms with van der Waals surface area (Å²) in [5, 5.41) is 9.34. The lowest BCUT2D eigenvalue weighted by molar-refractivity contribution is -0.137. The zero-order valence-corrected chi connectivity index (χ0v) is 25.5. The smallest absolute Gasteiger partial charge is 0.417 e. The first-order valence-electron chi connectivity index (χ1n) is 15.3. The SMILES string of the molecule is N#Cc1c(N)sc2c(F)ccc(-c3c(C(F)(F)F)cc4c(N5CCCCCC5)nc(OC[C@@]56CCCN5C[C@H](F)C6)nc4c3F)c12. The molecule has 4 aromatic rings. The third-order valence-electron chi connectivity index (χ3n) is 9.53. The molecule has 46 heavy (non-hydrogen) atoms. The van der Waals surface area contributed by atoms with E-state index in [9.17, 15) is 27.2 Å². The molecule has 2 atom stereocenters. The second-order valence-electron chi connectivity index (χ2n) is 12.4. The fourth-order valence-electron chi connectivity index (χ4n) is 7.42. The van der Waals surface area contributed by atoms with Gasteiger partial charge in [-0.15, -0.1) is 11.3 Å². The van der Waals surface area contributed by atoms with Gasteiger partial charge in [-0.2, -0.15) is 28.4 Å². The molecule has 2 aromatic heterocycles. The molecule has 242 valence electrons. The van der Waals surface area contributed by atoms with E-state index in [1.54, 1.807) is 0 Å². The molecule has 2 aromatic carbocycles. The van der Waals surface area contributed by atoms with Crippen LogP contribution in [0.5, 0.6) is 6.01 Å². The lowest BCUT2D eigenvalue weighted by Gasteiger charge is -2.31. The van der Waals surface area contributed by atoms with Crippen LogP contribution in [0.4, 0.5) is 37.2 Å². The van der Waals surface area contributed by atoms with E-state index in [1.807, 2.05) is 15.9 Å². The number of aromatic nitrogens is 2. The maximum atomic E-state index is 16.9. The molecule has 2 N–H and O–H groups in total. The van der Waals surface area contributed by atoms with E-state index in [4.69, 9.17) is 10.5 Å². The Morgan fingerprint density at radius 1 is 1.09 bits per heavy atom. The highest BCUT2D eigenvalue weighted by molar-refractivity contribution is 7.23. The number of nitriles is 1. The topological polar surface area (TPSA) is 91.3 Å². The van der Waals surface area contributed by atoms with Crippen LogP contribution >= 0.6 is 11.3 Å². The molecule has 5 heterocycles. The number of nitrogens with zero attached hydrogens (tertiary/aromatic N) is 5. The zero-order valence-electron chi connectivity index (χ0n) is 24.7. The van der Waals surface area contributed by atoms with Gasteiger partial charge in [0.25, 0.3) is 0 Å². The van der Waals surface area contributed by atoms with E-state index in [-0.39, 0.29) is 56.5 Å². The molecule has 3 aliphatic heterocycles. The number of nitrogens with two attached hydrogens (primary N) is 1. The Hall–Kier alpha value is -3.83. The van der Waals surface area contributed by atoms with Crippen LogP contribution in [0, 0.1) is 23.0 Å². The minimum absolute atomic E-state index is 0.0474. The normalized spacial score (nSPS) is 22.4. The van der Waals surface area contributed by atoms with Gasteiger partial charge < -0.3 is 15.4 Å². The first-order valence-corrected chi connectivity index (χ1v) is 16.1. The molecular weight excluding hydrogens is 630 g/mol.